The molecule has 0 spiro atoms. The van der Waals surface area contributed by atoms with Crippen LogP contribution in [0.3, 0.4) is 0 Å². The van der Waals surface area contributed by atoms with E-state index in [1.165, 1.54) is 18.2 Å². The quantitative estimate of drug-likeness (QED) is 0.850. The molecule has 2 aromatic carbocycles. The standard InChI is InChI=1S/C17H15FO3/c1-12-5-7-15(18)10-16(12)21-11-14-4-2-3-13(9-14)6-8-17(19)20/h2-10H,11H2,1H3,(H,19,20)/b8-6+. The molecule has 0 bridgehead atoms. The van der Waals surface area contributed by atoms with Gasteiger partial charge in [0, 0.05) is 12.1 Å². The minimum absolute atomic E-state index is 0.291. The van der Waals surface area contributed by atoms with Gasteiger partial charge in [-0.3, -0.25) is 0 Å². The summed E-state index contributed by atoms with van der Waals surface area (Å²) in [6.45, 7) is 2.14. The molecule has 0 aromatic heterocycles. The van der Waals surface area contributed by atoms with Crippen LogP contribution in [0.25, 0.3) is 6.08 Å². The van der Waals surface area contributed by atoms with Crippen molar-refractivity contribution in [3.63, 3.8) is 0 Å². The number of rotatable bonds is 5. The molecule has 0 heterocycles. The highest BCUT2D eigenvalue weighted by Gasteiger charge is 2.02. The summed E-state index contributed by atoms with van der Waals surface area (Å²) in [5, 5.41) is 8.61. The largest absolute Gasteiger partial charge is 0.489 e. The molecule has 108 valence electrons. The SMILES string of the molecule is Cc1ccc(F)cc1OCc1cccc(/C=C/C(=O)O)c1. The predicted molar refractivity (Wildman–Crippen MR) is 78.6 cm³/mol. The fraction of sp³-hybridized carbons (Fsp3) is 0.118. The van der Waals surface area contributed by atoms with Crippen molar-refractivity contribution in [2.45, 2.75) is 13.5 Å². The zero-order chi connectivity index (χ0) is 15.2. The van der Waals surface area contributed by atoms with E-state index in [1.807, 2.05) is 25.1 Å². The lowest BCUT2D eigenvalue weighted by atomic mass is 10.1. The van der Waals surface area contributed by atoms with Gasteiger partial charge in [-0.1, -0.05) is 24.3 Å². The number of aryl methyl sites for hydroxylation is 1. The highest BCUT2D eigenvalue weighted by atomic mass is 19.1. The van der Waals surface area contributed by atoms with E-state index in [1.54, 1.807) is 12.1 Å². The number of benzene rings is 2. The molecular formula is C17H15FO3. The Hall–Kier alpha value is -2.62. The van der Waals surface area contributed by atoms with Crippen LogP contribution < -0.4 is 4.74 Å². The Kier molecular flexibility index (Phi) is 4.72. The maximum atomic E-state index is 13.2. The van der Waals surface area contributed by atoms with Gasteiger partial charge in [0.1, 0.15) is 18.2 Å². The summed E-state index contributed by atoms with van der Waals surface area (Å²) in [6.07, 6.45) is 2.59. The number of hydrogen-bond acceptors (Lipinski definition) is 2. The molecule has 2 aromatic rings. The Morgan fingerprint density at radius 3 is 2.86 bits per heavy atom. The van der Waals surface area contributed by atoms with Gasteiger partial charge < -0.3 is 9.84 Å². The highest BCUT2D eigenvalue weighted by molar-refractivity contribution is 5.85. The fourth-order valence-electron chi connectivity index (χ4n) is 1.84. The molecule has 1 N–H and O–H groups in total. The lowest BCUT2D eigenvalue weighted by Gasteiger charge is -2.09. The first kappa shape index (κ1) is 14.8. The Bertz CT molecular complexity index is 677. The van der Waals surface area contributed by atoms with E-state index < -0.39 is 5.97 Å². The molecule has 4 heteroatoms. The third-order valence-corrected chi connectivity index (χ3v) is 2.91. The lowest BCUT2D eigenvalue weighted by molar-refractivity contribution is -0.131. The summed E-state index contributed by atoms with van der Waals surface area (Å²) < 4.78 is 18.8. The third-order valence-electron chi connectivity index (χ3n) is 2.91. The van der Waals surface area contributed by atoms with Gasteiger partial charge in [0.25, 0.3) is 0 Å². The third kappa shape index (κ3) is 4.45. The topological polar surface area (TPSA) is 46.5 Å². The van der Waals surface area contributed by atoms with Crippen molar-refractivity contribution in [2.75, 3.05) is 0 Å². The molecule has 0 aliphatic carbocycles. The van der Waals surface area contributed by atoms with E-state index in [4.69, 9.17) is 9.84 Å². The van der Waals surface area contributed by atoms with Gasteiger partial charge in [-0.15, -0.1) is 0 Å². The Balaban J connectivity index is 2.08. The average molecular weight is 286 g/mol. The summed E-state index contributed by atoms with van der Waals surface area (Å²) in [4.78, 5) is 10.5. The molecule has 0 saturated carbocycles. The zero-order valence-electron chi connectivity index (χ0n) is 11.5. The van der Waals surface area contributed by atoms with Crippen LogP contribution in [-0.4, -0.2) is 11.1 Å². The van der Waals surface area contributed by atoms with Crippen LogP contribution in [0.1, 0.15) is 16.7 Å². The second-order valence-corrected chi connectivity index (χ2v) is 4.62. The second-order valence-electron chi connectivity index (χ2n) is 4.62. The molecule has 21 heavy (non-hydrogen) atoms. The van der Waals surface area contributed by atoms with E-state index in [0.29, 0.717) is 12.4 Å². The molecular weight excluding hydrogens is 271 g/mol. The summed E-state index contributed by atoms with van der Waals surface area (Å²) in [5.41, 5.74) is 2.51. The summed E-state index contributed by atoms with van der Waals surface area (Å²) in [5.74, 6) is -0.831. The van der Waals surface area contributed by atoms with Crippen molar-refractivity contribution >= 4 is 12.0 Å². The van der Waals surface area contributed by atoms with E-state index in [0.717, 1.165) is 22.8 Å². The van der Waals surface area contributed by atoms with Gasteiger partial charge in [-0.25, -0.2) is 9.18 Å². The zero-order valence-corrected chi connectivity index (χ0v) is 11.5. The molecule has 0 atom stereocenters. The van der Waals surface area contributed by atoms with E-state index in [-0.39, 0.29) is 5.82 Å². The van der Waals surface area contributed by atoms with Crippen molar-refractivity contribution in [3.05, 3.63) is 71.0 Å². The first-order chi connectivity index (χ1) is 10.0. The molecule has 0 unspecified atom stereocenters. The molecule has 0 fully saturated rings. The van der Waals surface area contributed by atoms with E-state index in [2.05, 4.69) is 0 Å². The first-order valence-electron chi connectivity index (χ1n) is 6.43. The Morgan fingerprint density at radius 2 is 2.10 bits per heavy atom. The Labute approximate surface area is 122 Å². The van der Waals surface area contributed by atoms with Crippen molar-refractivity contribution in [3.8, 4) is 5.75 Å². The van der Waals surface area contributed by atoms with Crippen molar-refractivity contribution in [1.29, 1.82) is 0 Å². The number of carboxylic acid groups (broad SMARTS) is 1. The number of carboxylic acids is 1. The summed E-state index contributed by atoms with van der Waals surface area (Å²) in [7, 11) is 0. The van der Waals surface area contributed by atoms with Crippen molar-refractivity contribution < 1.29 is 19.0 Å². The number of halogens is 1. The maximum absolute atomic E-state index is 13.2. The van der Waals surface area contributed by atoms with Crippen LogP contribution in [0.5, 0.6) is 5.75 Å². The minimum Gasteiger partial charge on any atom is -0.489 e. The normalized spacial score (nSPS) is 10.8. The molecule has 0 radical (unpaired) electrons. The molecule has 0 saturated heterocycles. The van der Waals surface area contributed by atoms with Gasteiger partial charge in [0.15, 0.2) is 0 Å². The molecule has 2 rings (SSSR count). The number of carbonyl (C=O) groups is 1. The number of aliphatic carboxylic acids is 1. The molecule has 3 nitrogen and oxygen atoms in total. The van der Waals surface area contributed by atoms with Crippen molar-refractivity contribution in [2.24, 2.45) is 0 Å². The van der Waals surface area contributed by atoms with Crippen LogP contribution >= 0.6 is 0 Å². The van der Waals surface area contributed by atoms with Crippen molar-refractivity contribution in [1.82, 2.24) is 0 Å². The van der Waals surface area contributed by atoms with Crippen LogP contribution in [0.4, 0.5) is 4.39 Å². The van der Waals surface area contributed by atoms with Crippen LogP contribution in [0, 0.1) is 12.7 Å². The van der Waals surface area contributed by atoms with Gasteiger partial charge in [-0.2, -0.15) is 0 Å². The maximum Gasteiger partial charge on any atom is 0.328 e. The number of hydrogen-bond donors (Lipinski definition) is 1. The molecule has 0 amide bonds. The van der Waals surface area contributed by atoms with Gasteiger partial charge in [0.05, 0.1) is 0 Å². The highest BCUT2D eigenvalue weighted by Crippen LogP contribution is 2.20. The van der Waals surface area contributed by atoms with E-state index in [9.17, 15) is 9.18 Å². The van der Waals surface area contributed by atoms with Crippen LogP contribution in [0.2, 0.25) is 0 Å². The summed E-state index contributed by atoms with van der Waals surface area (Å²) in [6, 6.07) is 11.7. The lowest BCUT2D eigenvalue weighted by Crippen LogP contribution is -1.98. The predicted octanol–water partition coefficient (Wildman–Crippen LogP) is 3.81. The Morgan fingerprint density at radius 1 is 1.29 bits per heavy atom. The van der Waals surface area contributed by atoms with Crippen LogP contribution in [0.15, 0.2) is 48.5 Å². The molecule has 0 aliphatic rings. The first-order valence-corrected chi connectivity index (χ1v) is 6.43. The minimum atomic E-state index is -0.993. The smallest absolute Gasteiger partial charge is 0.328 e. The van der Waals surface area contributed by atoms with Crippen LogP contribution in [-0.2, 0) is 11.4 Å². The van der Waals surface area contributed by atoms with Gasteiger partial charge >= 0.3 is 5.97 Å². The average Bonchev–Trinajstić information content (AvgIpc) is 2.46. The van der Waals surface area contributed by atoms with Gasteiger partial charge in [0.2, 0.25) is 0 Å². The van der Waals surface area contributed by atoms with E-state index >= 15 is 0 Å². The monoisotopic (exact) mass is 286 g/mol. The molecule has 0 aliphatic heterocycles. The second kappa shape index (κ2) is 6.70. The van der Waals surface area contributed by atoms with Gasteiger partial charge in [-0.05, 0) is 41.8 Å². The number of ether oxygens (including phenoxy) is 1. The fourth-order valence-corrected chi connectivity index (χ4v) is 1.84. The summed E-state index contributed by atoms with van der Waals surface area (Å²) >= 11 is 0.